The molecule has 2 aromatic carbocycles. The van der Waals surface area contributed by atoms with Crippen LogP contribution < -0.4 is 9.47 Å². The number of rotatable bonds is 17. The third-order valence-corrected chi connectivity index (χ3v) is 5.68. The standard InChI is InChI=1S/C28H36O7/c1-34-22-16-14-21(15-17-22)9-4-2-3-7-20-35-26-12-8-10-23(24(26)18-19-28(32)33)25(29)11-5-6-13-27(30)31/h4,8-10,12,14-17,25,29H,2-3,5-7,11,13,18-20H2,1H3,(H,30,31)(H,32,33)/b9-4+. The minimum Gasteiger partial charge on any atom is -0.497 e. The maximum atomic E-state index is 11.2. The summed E-state index contributed by atoms with van der Waals surface area (Å²) in [6, 6.07) is 13.3. The van der Waals surface area contributed by atoms with Gasteiger partial charge in [-0.25, -0.2) is 0 Å². The summed E-state index contributed by atoms with van der Waals surface area (Å²) in [5.74, 6) is -0.336. The zero-order valence-electron chi connectivity index (χ0n) is 20.3. The number of hydrogen-bond donors (Lipinski definition) is 3. The minimum atomic E-state index is -0.912. The quantitative estimate of drug-likeness (QED) is 0.249. The number of carbonyl (C=O) groups is 2. The number of unbranched alkanes of at least 4 members (excludes halogenated alkanes) is 3. The number of ether oxygens (including phenoxy) is 2. The van der Waals surface area contributed by atoms with Crippen molar-refractivity contribution in [3.8, 4) is 11.5 Å². The summed E-state index contributed by atoms with van der Waals surface area (Å²) in [7, 11) is 1.64. The van der Waals surface area contributed by atoms with E-state index >= 15 is 0 Å². The lowest BCUT2D eigenvalue weighted by molar-refractivity contribution is -0.138. The molecule has 35 heavy (non-hydrogen) atoms. The lowest BCUT2D eigenvalue weighted by Crippen LogP contribution is -2.09. The van der Waals surface area contributed by atoms with Crippen molar-refractivity contribution >= 4 is 18.0 Å². The molecule has 0 aliphatic heterocycles. The molecule has 0 saturated heterocycles. The number of hydrogen-bond acceptors (Lipinski definition) is 5. The van der Waals surface area contributed by atoms with E-state index in [4.69, 9.17) is 19.7 Å². The Morgan fingerprint density at radius 2 is 1.69 bits per heavy atom. The minimum absolute atomic E-state index is 0.0603. The van der Waals surface area contributed by atoms with Gasteiger partial charge in [-0.2, -0.15) is 0 Å². The third-order valence-electron chi connectivity index (χ3n) is 5.68. The van der Waals surface area contributed by atoms with Crippen molar-refractivity contribution < 1.29 is 34.4 Å². The van der Waals surface area contributed by atoms with Crippen LogP contribution in [0.25, 0.3) is 6.08 Å². The van der Waals surface area contributed by atoms with Crippen molar-refractivity contribution in [2.24, 2.45) is 0 Å². The molecule has 1 atom stereocenters. The average Bonchev–Trinajstić information content (AvgIpc) is 2.85. The van der Waals surface area contributed by atoms with Gasteiger partial charge in [0.05, 0.1) is 19.8 Å². The van der Waals surface area contributed by atoms with Crippen molar-refractivity contribution in [1.29, 1.82) is 0 Å². The molecule has 7 nitrogen and oxygen atoms in total. The second-order valence-corrected chi connectivity index (χ2v) is 8.39. The van der Waals surface area contributed by atoms with Gasteiger partial charge in [-0.1, -0.05) is 36.4 Å². The van der Waals surface area contributed by atoms with E-state index in [1.807, 2.05) is 24.3 Å². The van der Waals surface area contributed by atoms with Crippen LogP contribution in [0.3, 0.4) is 0 Å². The summed E-state index contributed by atoms with van der Waals surface area (Å²) in [6.07, 6.45) is 7.85. The molecule has 0 aromatic heterocycles. The molecule has 2 aromatic rings. The lowest BCUT2D eigenvalue weighted by atomic mass is 9.94. The highest BCUT2D eigenvalue weighted by molar-refractivity contribution is 5.67. The fourth-order valence-corrected chi connectivity index (χ4v) is 3.78. The first-order chi connectivity index (χ1) is 16.9. The number of methoxy groups -OCH3 is 1. The van der Waals surface area contributed by atoms with Gasteiger partial charge in [0.25, 0.3) is 0 Å². The molecule has 0 amide bonds. The van der Waals surface area contributed by atoms with Gasteiger partial charge in [0.2, 0.25) is 0 Å². The van der Waals surface area contributed by atoms with Gasteiger partial charge in [-0.15, -0.1) is 0 Å². The summed E-state index contributed by atoms with van der Waals surface area (Å²) < 4.78 is 11.1. The van der Waals surface area contributed by atoms with E-state index in [2.05, 4.69) is 12.2 Å². The Balaban J connectivity index is 1.88. The Bertz CT molecular complexity index is 950. The average molecular weight is 485 g/mol. The molecule has 0 bridgehead atoms. The molecular weight excluding hydrogens is 448 g/mol. The van der Waals surface area contributed by atoms with Crippen LogP contribution in [0, 0.1) is 0 Å². The zero-order chi connectivity index (χ0) is 25.5. The summed E-state index contributed by atoms with van der Waals surface area (Å²) >= 11 is 0. The fraction of sp³-hybridized carbons (Fsp3) is 0.429. The topological polar surface area (TPSA) is 113 Å². The predicted molar refractivity (Wildman–Crippen MR) is 135 cm³/mol. The molecule has 0 radical (unpaired) electrons. The molecule has 0 fully saturated rings. The van der Waals surface area contributed by atoms with Gasteiger partial charge < -0.3 is 24.8 Å². The van der Waals surface area contributed by atoms with E-state index in [1.54, 1.807) is 25.3 Å². The highest BCUT2D eigenvalue weighted by Crippen LogP contribution is 2.31. The first kappa shape index (κ1) is 27.9. The largest absolute Gasteiger partial charge is 0.497 e. The Morgan fingerprint density at radius 1 is 0.943 bits per heavy atom. The molecule has 0 aliphatic carbocycles. The number of carboxylic acids is 2. The van der Waals surface area contributed by atoms with Crippen molar-refractivity contribution in [3.63, 3.8) is 0 Å². The SMILES string of the molecule is COc1ccc(/C=C/CCCCOc2cccc(C(O)CCCCC(=O)O)c2CCC(=O)O)cc1. The number of benzene rings is 2. The van der Waals surface area contributed by atoms with Gasteiger partial charge in [-0.3, -0.25) is 9.59 Å². The first-order valence-electron chi connectivity index (χ1n) is 12.1. The van der Waals surface area contributed by atoms with E-state index in [0.717, 1.165) is 30.6 Å². The van der Waals surface area contributed by atoms with Crippen LogP contribution in [0.5, 0.6) is 11.5 Å². The fourth-order valence-electron chi connectivity index (χ4n) is 3.78. The van der Waals surface area contributed by atoms with Crippen LogP contribution in [0.2, 0.25) is 0 Å². The summed E-state index contributed by atoms with van der Waals surface area (Å²) in [6.45, 7) is 0.495. The number of allylic oxidation sites excluding steroid dienone is 1. The molecular formula is C28H36O7. The van der Waals surface area contributed by atoms with Crippen LogP contribution in [0.4, 0.5) is 0 Å². The van der Waals surface area contributed by atoms with Crippen molar-refractivity contribution in [1.82, 2.24) is 0 Å². The van der Waals surface area contributed by atoms with Crippen LogP contribution >= 0.6 is 0 Å². The number of aliphatic hydroxyl groups is 1. The normalized spacial score (nSPS) is 11.9. The van der Waals surface area contributed by atoms with E-state index < -0.39 is 18.0 Å². The molecule has 0 spiro atoms. The predicted octanol–water partition coefficient (Wildman–Crippen LogP) is 5.65. The molecule has 7 heteroatoms. The number of aliphatic hydroxyl groups excluding tert-OH is 1. The summed E-state index contributed by atoms with van der Waals surface area (Å²) in [4.78, 5) is 21.9. The van der Waals surface area contributed by atoms with Gasteiger partial charge in [0, 0.05) is 18.4 Å². The highest BCUT2D eigenvalue weighted by Gasteiger charge is 2.17. The van der Waals surface area contributed by atoms with Crippen molar-refractivity contribution in [3.05, 3.63) is 65.2 Å². The summed E-state index contributed by atoms with van der Waals surface area (Å²) in [5.41, 5.74) is 2.48. The van der Waals surface area contributed by atoms with E-state index in [9.17, 15) is 14.7 Å². The van der Waals surface area contributed by atoms with Gasteiger partial charge in [0.15, 0.2) is 0 Å². The Kier molecular flexibility index (Phi) is 12.4. The van der Waals surface area contributed by atoms with Gasteiger partial charge in [0.1, 0.15) is 11.5 Å². The third kappa shape index (κ3) is 10.6. The maximum Gasteiger partial charge on any atom is 0.303 e. The van der Waals surface area contributed by atoms with Crippen LogP contribution in [-0.2, 0) is 16.0 Å². The van der Waals surface area contributed by atoms with Gasteiger partial charge >= 0.3 is 11.9 Å². The van der Waals surface area contributed by atoms with Crippen molar-refractivity contribution in [2.75, 3.05) is 13.7 Å². The second kappa shape index (κ2) is 15.6. The van der Waals surface area contributed by atoms with Crippen LogP contribution in [-0.4, -0.2) is 41.0 Å². The molecule has 2 rings (SSSR count). The summed E-state index contributed by atoms with van der Waals surface area (Å²) in [5, 5.41) is 28.6. The number of aliphatic carboxylic acids is 2. The van der Waals surface area contributed by atoms with Crippen LogP contribution in [0.1, 0.15) is 74.2 Å². The Morgan fingerprint density at radius 3 is 2.37 bits per heavy atom. The highest BCUT2D eigenvalue weighted by atomic mass is 16.5. The maximum absolute atomic E-state index is 11.2. The molecule has 0 aliphatic rings. The first-order valence-corrected chi connectivity index (χ1v) is 12.1. The molecule has 3 N–H and O–H groups in total. The van der Waals surface area contributed by atoms with Gasteiger partial charge in [-0.05, 0) is 74.3 Å². The molecule has 1 unspecified atom stereocenters. The van der Waals surface area contributed by atoms with Crippen LogP contribution in [0.15, 0.2) is 48.5 Å². The molecule has 0 heterocycles. The van der Waals surface area contributed by atoms with Crippen molar-refractivity contribution in [2.45, 2.75) is 63.9 Å². The zero-order valence-corrected chi connectivity index (χ0v) is 20.3. The molecule has 190 valence electrons. The second-order valence-electron chi connectivity index (χ2n) is 8.39. The van der Waals surface area contributed by atoms with E-state index in [0.29, 0.717) is 42.7 Å². The van der Waals surface area contributed by atoms with E-state index in [-0.39, 0.29) is 19.3 Å². The smallest absolute Gasteiger partial charge is 0.303 e. The Labute approximate surface area is 207 Å². The Hall–Kier alpha value is -3.32. The lowest BCUT2D eigenvalue weighted by Gasteiger charge is -2.19. The molecule has 0 saturated carbocycles. The monoisotopic (exact) mass is 484 g/mol. The van der Waals surface area contributed by atoms with E-state index in [1.165, 1.54) is 0 Å². The number of carboxylic acid groups (broad SMARTS) is 2.